The fourth-order valence-corrected chi connectivity index (χ4v) is 2.51. The molecule has 84 valence electrons. The number of rotatable bonds is 2. The van der Waals surface area contributed by atoms with Crippen molar-refractivity contribution in [3.05, 3.63) is 0 Å². The van der Waals surface area contributed by atoms with Crippen molar-refractivity contribution in [1.82, 2.24) is 0 Å². The van der Waals surface area contributed by atoms with Gasteiger partial charge in [0.25, 0.3) is 0 Å². The SMILES string of the molecule is COC1CCC(OC)C(C(C)(C)C)C1. The molecule has 1 aliphatic carbocycles. The highest BCUT2D eigenvalue weighted by Crippen LogP contribution is 2.39. The first-order valence-corrected chi connectivity index (χ1v) is 5.54. The smallest absolute Gasteiger partial charge is 0.0606 e. The lowest BCUT2D eigenvalue weighted by Gasteiger charge is -2.42. The Balaban J connectivity index is 2.65. The van der Waals surface area contributed by atoms with Gasteiger partial charge in [0.05, 0.1) is 12.2 Å². The fraction of sp³-hybridized carbons (Fsp3) is 1.00. The Morgan fingerprint density at radius 3 is 2.07 bits per heavy atom. The fourth-order valence-electron chi connectivity index (χ4n) is 2.51. The van der Waals surface area contributed by atoms with E-state index in [1.54, 1.807) is 0 Å². The van der Waals surface area contributed by atoms with Gasteiger partial charge < -0.3 is 9.47 Å². The zero-order valence-corrected chi connectivity index (χ0v) is 10.2. The number of ether oxygens (including phenoxy) is 2. The van der Waals surface area contributed by atoms with Crippen LogP contribution in [0.15, 0.2) is 0 Å². The Bertz CT molecular complexity index is 172. The summed E-state index contributed by atoms with van der Waals surface area (Å²) in [5, 5.41) is 0. The van der Waals surface area contributed by atoms with Crippen LogP contribution in [0.2, 0.25) is 0 Å². The maximum absolute atomic E-state index is 5.57. The highest BCUT2D eigenvalue weighted by molar-refractivity contribution is 4.88. The summed E-state index contributed by atoms with van der Waals surface area (Å²) in [6.07, 6.45) is 4.27. The normalized spacial score (nSPS) is 34.5. The molecule has 0 aromatic heterocycles. The second-order valence-electron chi connectivity index (χ2n) is 5.42. The minimum atomic E-state index is 0.317. The van der Waals surface area contributed by atoms with E-state index in [2.05, 4.69) is 20.8 Å². The van der Waals surface area contributed by atoms with Gasteiger partial charge in [-0.15, -0.1) is 0 Å². The van der Waals surface area contributed by atoms with Crippen molar-refractivity contribution in [3.63, 3.8) is 0 Å². The van der Waals surface area contributed by atoms with Crippen LogP contribution >= 0.6 is 0 Å². The van der Waals surface area contributed by atoms with Crippen LogP contribution in [0.1, 0.15) is 40.0 Å². The molecule has 0 saturated heterocycles. The minimum Gasteiger partial charge on any atom is -0.381 e. The van der Waals surface area contributed by atoms with Crippen molar-refractivity contribution in [1.29, 1.82) is 0 Å². The summed E-state index contributed by atoms with van der Waals surface area (Å²) >= 11 is 0. The standard InChI is InChI=1S/C12H24O2/c1-12(2,3)10-8-9(13-4)6-7-11(10)14-5/h9-11H,6-8H2,1-5H3. The maximum atomic E-state index is 5.57. The molecule has 1 saturated carbocycles. The van der Waals surface area contributed by atoms with Gasteiger partial charge in [-0.1, -0.05) is 20.8 Å². The van der Waals surface area contributed by atoms with Crippen molar-refractivity contribution in [2.45, 2.75) is 52.2 Å². The van der Waals surface area contributed by atoms with Crippen LogP contribution in [-0.2, 0) is 9.47 Å². The van der Waals surface area contributed by atoms with E-state index in [0.717, 1.165) is 19.3 Å². The second kappa shape index (κ2) is 4.63. The molecule has 0 aliphatic heterocycles. The molecular formula is C12H24O2. The van der Waals surface area contributed by atoms with Gasteiger partial charge in [0.1, 0.15) is 0 Å². The average molecular weight is 200 g/mol. The zero-order valence-electron chi connectivity index (χ0n) is 10.2. The Morgan fingerprint density at radius 2 is 1.64 bits per heavy atom. The largest absolute Gasteiger partial charge is 0.381 e. The molecule has 0 N–H and O–H groups in total. The van der Waals surface area contributed by atoms with Crippen LogP contribution in [0.3, 0.4) is 0 Å². The molecule has 3 unspecified atom stereocenters. The minimum absolute atomic E-state index is 0.317. The average Bonchev–Trinajstić information content (AvgIpc) is 2.15. The molecule has 0 bridgehead atoms. The lowest BCUT2D eigenvalue weighted by Crippen LogP contribution is -2.41. The van der Waals surface area contributed by atoms with E-state index < -0.39 is 0 Å². The summed E-state index contributed by atoms with van der Waals surface area (Å²) in [6.45, 7) is 6.88. The summed E-state index contributed by atoms with van der Waals surface area (Å²) in [7, 11) is 3.65. The van der Waals surface area contributed by atoms with Crippen LogP contribution < -0.4 is 0 Å². The van der Waals surface area contributed by atoms with Crippen molar-refractivity contribution >= 4 is 0 Å². The van der Waals surface area contributed by atoms with Gasteiger partial charge in [0, 0.05) is 14.2 Å². The van der Waals surface area contributed by atoms with Gasteiger partial charge in [0.15, 0.2) is 0 Å². The van der Waals surface area contributed by atoms with Gasteiger partial charge in [-0.3, -0.25) is 0 Å². The first-order valence-electron chi connectivity index (χ1n) is 5.54. The van der Waals surface area contributed by atoms with Crippen LogP contribution in [0.4, 0.5) is 0 Å². The third-order valence-electron chi connectivity index (χ3n) is 3.49. The molecular weight excluding hydrogens is 176 g/mol. The monoisotopic (exact) mass is 200 g/mol. The topological polar surface area (TPSA) is 18.5 Å². The Kier molecular flexibility index (Phi) is 3.96. The number of hydrogen-bond donors (Lipinski definition) is 0. The molecule has 1 fully saturated rings. The van der Waals surface area contributed by atoms with Gasteiger partial charge >= 0.3 is 0 Å². The van der Waals surface area contributed by atoms with E-state index in [4.69, 9.17) is 9.47 Å². The molecule has 3 atom stereocenters. The van der Waals surface area contributed by atoms with E-state index in [-0.39, 0.29) is 0 Å². The lowest BCUT2D eigenvalue weighted by atomic mass is 9.70. The highest BCUT2D eigenvalue weighted by Gasteiger charge is 2.37. The van der Waals surface area contributed by atoms with Gasteiger partial charge in [0.2, 0.25) is 0 Å². The first-order chi connectivity index (χ1) is 6.49. The third-order valence-corrected chi connectivity index (χ3v) is 3.49. The van der Waals surface area contributed by atoms with Gasteiger partial charge in [-0.05, 0) is 30.6 Å². The molecule has 0 aromatic carbocycles. The number of hydrogen-bond acceptors (Lipinski definition) is 2. The van der Waals surface area contributed by atoms with Crippen molar-refractivity contribution in [2.24, 2.45) is 11.3 Å². The quantitative estimate of drug-likeness (QED) is 0.682. The van der Waals surface area contributed by atoms with E-state index in [1.165, 1.54) is 0 Å². The Morgan fingerprint density at radius 1 is 1.00 bits per heavy atom. The molecule has 0 heterocycles. The summed E-state index contributed by atoms with van der Waals surface area (Å²) in [5.41, 5.74) is 0.317. The summed E-state index contributed by atoms with van der Waals surface area (Å²) in [6, 6.07) is 0. The molecule has 2 heteroatoms. The first kappa shape index (κ1) is 12.0. The van der Waals surface area contributed by atoms with Crippen LogP contribution in [0.25, 0.3) is 0 Å². The van der Waals surface area contributed by atoms with Gasteiger partial charge in [-0.25, -0.2) is 0 Å². The molecule has 1 rings (SSSR count). The van der Waals surface area contributed by atoms with E-state index >= 15 is 0 Å². The molecule has 0 radical (unpaired) electrons. The van der Waals surface area contributed by atoms with Crippen LogP contribution in [-0.4, -0.2) is 26.4 Å². The van der Waals surface area contributed by atoms with Crippen molar-refractivity contribution < 1.29 is 9.47 Å². The summed E-state index contributed by atoms with van der Waals surface area (Å²) < 4.78 is 11.0. The predicted molar refractivity (Wildman–Crippen MR) is 58.4 cm³/mol. The van der Waals surface area contributed by atoms with Crippen molar-refractivity contribution in [3.8, 4) is 0 Å². The number of methoxy groups -OCH3 is 2. The van der Waals surface area contributed by atoms with E-state index in [1.807, 2.05) is 14.2 Å². The molecule has 1 aliphatic rings. The van der Waals surface area contributed by atoms with Crippen LogP contribution in [0.5, 0.6) is 0 Å². The lowest BCUT2D eigenvalue weighted by molar-refractivity contribution is -0.0684. The Labute approximate surface area is 88.0 Å². The third kappa shape index (κ3) is 2.71. The maximum Gasteiger partial charge on any atom is 0.0606 e. The summed E-state index contributed by atoms with van der Waals surface area (Å²) in [4.78, 5) is 0. The molecule has 0 spiro atoms. The van der Waals surface area contributed by atoms with Crippen molar-refractivity contribution in [2.75, 3.05) is 14.2 Å². The van der Waals surface area contributed by atoms with E-state index in [0.29, 0.717) is 23.5 Å². The molecule has 2 nitrogen and oxygen atoms in total. The van der Waals surface area contributed by atoms with E-state index in [9.17, 15) is 0 Å². The van der Waals surface area contributed by atoms with Crippen LogP contribution in [0, 0.1) is 11.3 Å². The Hall–Kier alpha value is -0.0800. The molecule has 0 amide bonds. The zero-order chi connectivity index (χ0) is 10.8. The second-order valence-corrected chi connectivity index (χ2v) is 5.42. The summed E-state index contributed by atoms with van der Waals surface area (Å²) in [5.74, 6) is 0.617. The molecule has 14 heavy (non-hydrogen) atoms. The molecule has 0 aromatic rings. The van der Waals surface area contributed by atoms with Gasteiger partial charge in [-0.2, -0.15) is 0 Å². The highest BCUT2D eigenvalue weighted by atomic mass is 16.5. The predicted octanol–water partition coefficient (Wildman–Crippen LogP) is 2.86.